The Labute approximate surface area is 193 Å². The summed E-state index contributed by atoms with van der Waals surface area (Å²) in [6, 6.07) is 15.7. The van der Waals surface area contributed by atoms with Gasteiger partial charge >= 0.3 is 0 Å². The van der Waals surface area contributed by atoms with Crippen LogP contribution in [0, 0.1) is 5.82 Å². The number of rotatable bonds is 3. The molecule has 3 aromatic rings. The lowest BCUT2D eigenvalue weighted by atomic mass is 10.0. The predicted octanol–water partition coefficient (Wildman–Crippen LogP) is 4.09. The molecule has 0 saturated carbocycles. The summed E-state index contributed by atoms with van der Waals surface area (Å²) in [6.45, 7) is 6.58. The summed E-state index contributed by atoms with van der Waals surface area (Å²) < 4.78 is 19.3. The van der Waals surface area contributed by atoms with Gasteiger partial charge in [0.2, 0.25) is 0 Å². The van der Waals surface area contributed by atoms with E-state index >= 15 is 0 Å². The molecule has 1 aromatic heterocycles. The van der Waals surface area contributed by atoms with Gasteiger partial charge in [-0.1, -0.05) is 30.3 Å². The van der Waals surface area contributed by atoms with Crippen LogP contribution in [0.1, 0.15) is 35.5 Å². The van der Waals surface area contributed by atoms with Crippen LogP contribution >= 0.6 is 0 Å². The predicted molar refractivity (Wildman–Crippen MR) is 125 cm³/mol. The van der Waals surface area contributed by atoms with Crippen LogP contribution in [-0.2, 0) is 17.7 Å². The molecule has 2 atom stereocenters. The van der Waals surface area contributed by atoms with Gasteiger partial charge in [0.15, 0.2) is 5.82 Å². The normalized spacial score (nSPS) is 20.5. The van der Waals surface area contributed by atoms with Gasteiger partial charge < -0.3 is 14.5 Å². The van der Waals surface area contributed by atoms with Crippen LogP contribution in [0.15, 0.2) is 54.6 Å². The van der Waals surface area contributed by atoms with Crippen molar-refractivity contribution in [3.05, 3.63) is 77.2 Å². The number of carbonyl (C=O) groups is 1. The minimum atomic E-state index is -0.352. The van der Waals surface area contributed by atoms with Crippen molar-refractivity contribution in [2.24, 2.45) is 0 Å². The molecule has 2 aromatic carbocycles. The molecule has 170 valence electrons. The third-order valence-electron chi connectivity index (χ3n) is 6.17. The van der Waals surface area contributed by atoms with Crippen LogP contribution < -0.4 is 4.90 Å². The molecule has 2 unspecified atom stereocenters. The molecule has 0 N–H and O–H groups in total. The first-order chi connectivity index (χ1) is 16.0. The van der Waals surface area contributed by atoms with E-state index < -0.39 is 0 Å². The van der Waals surface area contributed by atoms with Crippen molar-refractivity contribution in [1.29, 1.82) is 0 Å². The molecular formula is C26H27FN4O2. The Morgan fingerprint density at radius 2 is 1.70 bits per heavy atom. The third kappa shape index (κ3) is 4.46. The quantitative estimate of drug-likeness (QED) is 0.607. The van der Waals surface area contributed by atoms with E-state index in [0.29, 0.717) is 30.9 Å². The second-order valence-corrected chi connectivity index (χ2v) is 8.81. The molecule has 0 bridgehead atoms. The zero-order valence-corrected chi connectivity index (χ0v) is 18.9. The fraction of sp³-hybridized carbons (Fsp3) is 0.346. The molecule has 1 saturated heterocycles. The Hall–Kier alpha value is -3.32. The zero-order valence-electron chi connectivity index (χ0n) is 18.9. The molecule has 0 radical (unpaired) electrons. The third-order valence-corrected chi connectivity index (χ3v) is 6.17. The van der Waals surface area contributed by atoms with E-state index in [2.05, 4.69) is 18.7 Å². The summed E-state index contributed by atoms with van der Waals surface area (Å²) in [5.41, 5.74) is 3.42. The molecule has 6 nitrogen and oxygen atoms in total. The molecule has 3 heterocycles. The van der Waals surface area contributed by atoms with Gasteiger partial charge in [0.1, 0.15) is 11.6 Å². The van der Waals surface area contributed by atoms with E-state index in [4.69, 9.17) is 14.7 Å². The molecule has 7 heteroatoms. The van der Waals surface area contributed by atoms with Crippen LogP contribution in [0.25, 0.3) is 11.4 Å². The van der Waals surface area contributed by atoms with Gasteiger partial charge in [0, 0.05) is 42.7 Å². The van der Waals surface area contributed by atoms with Gasteiger partial charge in [-0.3, -0.25) is 4.79 Å². The van der Waals surface area contributed by atoms with Crippen LogP contribution in [-0.4, -0.2) is 52.6 Å². The Morgan fingerprint density at radius 3 is 2.39 bits per heavy atom. The lowest BCUT2D eigenvalue weighted by molar-refractivity contribution is -0.00558. The van der Waals surface area contributed by atoms with Gasteiger partial charge in [-0.15, -0.1) is 0 Å². The molecule has 5 rings (SSSR count). The molecule has 0 aliphatic carbocycles. The second-order valence-electron chi connectivity index (χ2n) is 8.81. The number of amides is 1. The van der Waals surface area contributed by atoms with Crippen LogP contribution in [0.2, 0.25) is 0 Å². The van der Waals surface area contributed by atoms with Crippen molar-refractivity contribution in [2.45, 2.75) is 39.0 Å². The number of nitrogens with zero attached hydrogens (tertiary/aromatic N) is 4. The average Bonchev–Trinajstić information content (AvgIpc) is 2.83. The van der Waals surface area contributed by atoms with Gasteiger partial charge in [-0.05, 0) is 38.1 Å². The Balaban J connectivity index is 1.53. The van der Waals surface area contributed by atoms with Gasteiger partial charge in [0.25, 0.3) is 5.91 Å². The molecular weight excluding hydrogens is 419 g/mol. The first-order valence-electron chi connectivity index (χ1n) is 11.4. The summed E-state index contributed by atoms with van der Waals surface area (Å²) in [7, 11) is 0. The topological polar surface area (TPSA) is 58.6 Å². The lowest BCUT2D eigenvalue weighted by Crippen LogP contribution is -2.47. The molecule has 33 heavy (non-hydrogen) atoms. The number of aromatic nitrogens is 2. The van der Waals surface area contributed by atoms with Crippen LogP contribution in [0.5, 0.6) is 0 Å². The number of anilines is 1. The second kappa shape index (κ2) is 8.90. The van der Waals surface area contributed by atoms with Gasteiger partial charge in [-0.25, -0.2) is 14.4 Å². The number of fused-ring (bicyclic) bond motifs is 1. The van der Waals surface area contributed by atoms with Crippen molar-refractivity contribution in [2.75, 3.05) is 24.5 Å². The van der Waals surface area contributed by atoms with Crippen molar-refractivity contribution in [1.82, 2.24) is 14.9 Å². The highest BCUT2D eigenvalue weighted by molar-refractivity contribution is 5.94. The van der Waals surface area contributed by atoms with Crippen molar-refractivity contribution >= 4 is 11.7 Å². The standard InChI is InChI=1S/C26H27FN4O2/c1-17-14-31(15-18(2)33-17)25-22-16-30(26(32)20-8-10-21(27)11-9-20)13-12-23(22)28-24(29-25)19-6-4-3-5-7-19/h3-11,17-18H,12-16H2,1-2H3. The number of hydrogen-bond acceptors (Lipinski definition) is 5. The average molecular weight is 447 g/mol. The monoisotopic (exact) mass is 446 g/mol. The fourth-order valence-electron chi connectivity index (χ4n) is 4.67. The summed E-state index contributed by atoms with van der Waals surface area (Å²) >= 11 is 0. The summed E-state index contributed by atoms with van der Waals surface area (Å²) in [5.74, 6) is 1.12. The maximum Gasteiger partial charge on any atom is 0.254 e. The summed E-state index contributed by atoms with van der Waals surface area (Å²) in [6.07, 6.45) is 0.813. The SMILES string of the molecule is CC1CN(c2nc(-c3ccccc3)nc3c2CN(C(=O)c2ccc(F)cc2)CC3)CC(C)O1. The summed E-state index contributed by atoms with van der Waals surface area (Å²) in [4.78, 5) is 27.1. The van der Waals surface area contributed by atoms with E-state index in [1.54, 1.807) is 4.90 Å². The van der Waals surface area contributed by atoms with E-state index in [0.717, 1.165) is 35.7 Å². The number of benzene rings is 2. The number of ether oxygens (including phenoxy) is 1. The Morgan fingerprint density at radius 1 is 1.00 bits per heavy atom. The minimum Gasteiger partial charge on any atom is -0.372 e. The van der Waals surface area contributed by atoms with Crippen LogP contribution in [0.4, 0.5) is 10.2 Å². The highest BCUT2D eigenvalue weighted by Gasteiger charge is 2.31. The van der Waals surface area contributed by atoms with Crippen molar-refractivity contribution in [3.63, 3.8) is 0 Å². The maximum absolute atomic E-state index is 13.3. The van der Waals surface area contributed by atoms with Crippen molar-refractivity contribution in [3.8, 4) is 11.4 Å². The minimum absolute atomic E-state index is 0.0834. The highest BCUT2D eigenvalue weighted by atomic mass is 19.1. The van der Waals surface area contributed by atoms with E-state index in [1.165, 1.54) is 24.3 Å². The number of morpholine rings is 1. The first kappa shape index (κ1) is 21.5. The molecule has 1 fully saturated rings. The maximum atomic E-state index is 13.3. The highest BCUT2D eigenvalue weighted by Crippen LogP contribution is 2.32. The Bertz CT molecular complexity index is 1140. The number of carbonyl (C=O) groups excluding carboxylic acids is 1. The molecule has 0 spiro atoms. The van der Waals surface area contributed by atoms with E-state index in [-0.39, 0.29) is 23.9 Å². The fourth-order valence-corrected chi connectivity index (χ4v) is 4.67. The largest absolute Gasteiger partial charge is 0.372 e. The lowest BCUT2D eigenvalue weighted by Gasteiger charge is -2.39. The van der Waals surface area contributed by atoms with E-state index in [9.17, 15) is 9.18 Å². The first-order valence-corrected chi connectivity index (χ1v) is 11.4. The smallest absolute Gasteiger partial charge is 0.254 e. The van der Waals surface area contributed by atoms with Gasteiger partial charge in [-0.2, -0.15) is 0 Å². The Kier molecular flexibility index (Phi) is 5.81. The number of hydrogen-bond donors (Lipinski definition) is 0. The summed E-state index contributed by atoms with van der Waals surface area (Å²) in [5, 5.41) is 0. The van der Waals surface area contributed by atoms with Gasteiger partial charge in [0.05, 0.1) is 24.4 Å². The van der Waals surface area contributed by atoms with Crippen molar-refractivity contribution < 1.29 is 13.9 Å². The zero-order chi connectivity index (χ0) is 22.9. The van der Waals surface area contributed by atoms with E-state index in [1.807, 2.05) is 30.3 Å². The number of halogens is 1. The molecule has 1 amide bonds. The van der Waals surface area contributed by atoms with Crippen LogP contribution in [0.3, 0.4) is 0 Å². The molecule has 2 aliphatic rings. The molecule has 2 aliphatic heterocycles.